The van der Waals surface area contributed by atoms with Gasteiger partial charge in [-0.25, -0.2) is 4.79 Å². The van der Waals surface area contributed by atoms with Crippen molar-refractivity contribution >= 4 is 11.9 Å². The Hall–Kier alpha value is -1.10. The highest BCUT2D eigenvalue weighted by Crippen LogP contribution is 2.54. The van der Waals surface area contributed by atoms with Gasteiger partial charge >= 0.3 is 5.97 Å². The summed E-state index contributed by atoms with van der Waals surface area (Å²) in [5.41, 5.74) is 0. The number of carbonyl (C=O) groups excluding carboxylic acids is 2. The highest BCUT2D eigenvalue weighted by molar-refractivity contribution is 5.86. The number of esters is 1. The Morgan fingerprint density at radius 2 is 2.00 bits per heavy atom. The van der Waals surface area contributed by atoms with Gasteiger partial charge in [0.1, 0.15) is 0 Å². The molecule has 0 aromatic carbocycles. The van der Waals surface area contributed by atoms with E-state index < -0.39 is 18.6 Å². The molecule has 2 N–H and O–H groups in total. The zero-order valence-electron chi connectivity index (χ0n) is 9.31. The summed E-state index contributed by atoms with van der Waals surface area (Å²) in [6.07, 6.45) is 3.11. The molecule has 0 aliphatic heterocycles. The van der Waals surface area contributed by atoms with Gasteiger partial charge in [-0.2, -0.15) is 0 Å². The van der Waals surface area contributed by atoms with Crippen molar-refractivity contribution < 1.29 is 19.4 Å². The number of nitrogens with one attached hydrogen (secondary N) is 1. The zero-order valence-corrected chi connectivity index (χ0v) is 9.31. The summed E-state index contributed by atoms with van der Waals surface area (Å²) in [7, 11) is 1.24. The van der Waals surface area contributed by atoms with E-state index in [1.54, 1.807) is 0 Å². The summed E-state index contributed by atoms with van der Waals surface area (Å²) < 4.78 is 4.48. The van der Waals surface area contributed by atoms with Crippen molar-refractivity contribution in [2.45, 2.75) is 25.3 Å². The quantitative estimate of drug-likeness (QED) is 0.646. The van der Waals surface area contributed by atoms with Gasteiger partial charge in [-0.05, 0) is 31.1 Å². The molecular weight excluding hydrogens is 210 g/mol. The molecule has 2 fully saturated rings. The summed E-state index contributed by atoms with van der Waals surface area (Å²) in [5, 5.41) is 11.5. The molecule has 0 heterocycles. The van der Waals surface area contributed by atoms with E-state index >= 15 is 0 Å². The van der Waals surface area contributed by atoms with E-state index in [1.807, 2.05) is 0 Å². The Labute approximate surface area is 94.2 Å². The molecule has 1 amide bonds. The molecule has 2 rings (SSSR count). The Bertz CT molecular complexity index is 294. The molecule has 16 heavy (non-hydrogen) atoms. The summed E-state index contributed by atoms with van der Waals surface area (Å²) in [4.78, 5) is 22.9. The maximum Gasteiger partial charge on any atom is 0.330 e. The second-order valence-electron chi connectivity index (χ2n) is 4.69. The molecule has 2 saturated carbocycles. The molecule has 90 valence electrons. The fourth-order valence-electron chi connectivity index (χ4n) is 2.54. The Kier molecular flexibility index (Phi) is 3.14. The molecule has 0 bridgehead atoms. The first-order valence-electron chi connectivity index (χ1n) is 5.64. The summed E-state index contributed by atoms with van der Waals surface area (Å²) in [5.74, 6) is 0.737. The highest BCUT2D eigenvalue weighted by atomic mass is 16.5. The predicted octanol–water partition coefficient (Wildman–Crippen LogP) is -0.317. The first-order chi connectivity index (χ1) is 7.65. The van der Waals surface area contributed by atoms with Gasteiger partial charge in [-0.15, -0.1) is 0 Å². The van der Waals surface area contributed by atoms with Crippen LogP contribution in [0.5, 0.6) is 0 Å². The minimum atomic E-state index is -0.922. The van der Waals surface area contributed by atoms with Crippen molar-refractivity contribution in [3.8, 4) is 0 Å². The number of aliphatic hydroxyl groups excluding tert-OH is 1. The summed E-state index contributed by atoms with van der Waals surface area (Å²) >= 11 is 0. The van der Waals surface area contributed by atoms with Crippen LogP contribution in [0.15, 0.2) is 0 Å². The Morgan fingerprint density at radius 3 is 2.50 bits per heavy atom. The first-order valence-corrected chi connectivity index (χ1v) is 5.64. The van der Waals surface area contributed by atoms with Gasteiger partial charge < -0.3 is 15.2 Å². The largest absolute Gasteiger partial charge is 0.467 e. The van der Waals surface area contributed by atoms with Crippen molar-refractivity contribution in [3.05, 3.63) is 0 Å². The third-order valence-electron chi connectivity index (χ3n) is 3.60. The van der Waals surface area contributed by atoms with Crippen LogP contribution in [0.25, 0.3) is 0 Å². The minimum Gasteiger partial charge on any atom is -0.467 e. The van der Waals surface area contributed by atoms with Gasteiger partial charge in [0, 0.05) is 5.92 Å². The van der Waals surface area contributed by atoms with Crippen LogP contribution in [-0.2, 0) is 14.3 Å². The molecular formula is C11H17NO4. The molecule has 0 radical (unpaired) electrons. The number of fused-ring (bicyclic) bond motifs is 1. The monoisotopic (exact) mass is 227 g/mol. The van der Waals surface area contributed by atoms with E-state index in [0.29, 0.717) is 0 Å². The molecule has 0 aromatic rings. The molecule has 5 nitrogen and oxygen atoms in total. The van der Waals surface area contributed by atoms with Crippen LogP contribution in [0.4, 0.5) is 0 Å². The molecule has 2 aliphatic carbocycles. The average molecular weight is 227 g/mol. The second kappa shape index (κ2) is 4.41. The number of carbonyl (C=O) groups is 2. The van der Waals surface area contributed by atoms with Crippen molar-refractivity contribution in [1.29, 1.82) is 0 Å². The number of amides is 1. The van der Waals surface area contributed by atoms with Gasteiger partial charge in [0.25, 0.3) is 0 Å². The van der Waals surface area contributed by atoms with Crippen LogP contribution in [0.3, 0.4) is 0 Å². The topological polar surface area (TPSA) is 75.6 Å². The van der Waals surface area contributed by atoms with Crippen LogP contribution in [0, 0.1) is 17.8 Å². The van der Waals surface area contributed by atoms with E-state index in [0.717, 1.165) is 24.7 Å². The first kappa shape index (κ1) is 11.4. The molecule has 0 spiro atoms. The lowest BCUT2D eigenvalue weighted by Gasteiger charge is -2.17. The average Bonchev–Trinajstić information content (AvgIpc) is 2.91. The highest BCUT2D eigenvalue weighted by Gasteiger charge is 2.48. The lowest BCUT2D eigenvalue weighted by molar-refractivity contribution is -0.146. The SMILES string of the molecule is COC(=O)C(CO)NC(=O)C1CC2CC2C1. The molecule has 0 saturated heterocycles. The van der Waals surface area contributed by atoms with Gasteiger partial charge in [0.15, 0.2) is 6.04 Å². The van der Waals surface area contributed by atoms with E-state index in [2.05, 4.69) is 10.1 Å². The van der Waals surface area contributed by atoms with Gasteiger partial charge in [-0.3, -0.25) is 4.79 Å². The number of rotatable bonds is 4. The fourth-order valence-corrected chi connectivity index (χ4v) is 2.54. The predicted molar refractivity (Wildman–Crippen MR) is 55.4 cm³/mol. The normalized spacial score (nSPS) is 32.8. The van der Waals surface area contributed by atoms with Crippen LogP contribution in [-0.4, -0.2) is 36.7 Å². The number of hydrogen-bond acceptors (Lipinski definition) is 4. The lowest BCUT2D eigenvalue weighted by atomic mass is 10.0. The van der Waals surface area contributed by atoms with E-state index in [9.17, 15) is 9.59 Å². The Balaban J connectivity index is 1.83. The molecule has 3 unspecified atom stereocenters. The third kappa shape index (κ3) is 2.19. The van der Waals surface area contributed by atoms with Crippen LogP contribution < -0.4 is 5.32 Å². The van der Waals surface area contributed by atoms with Crippen molar-refractivity contribution in [2.24, 2.45) is 17.8 Å². The van der Waals surface area contributed by atoms with Crippen molar-refractivity contribution in [3.63, 3.8) is 0 Å². The molecule has 0 aromatic heterocycles. The number of hydrogen-bond donors (Lipinski definition) is 2. The lowest BCUT2D eigenvalue weighted by Crippen LogP contribution is -2.46. The van der Waals surface area contributed by atoms with Crippen LogP contribution in [0.1, 0.15) is 19.3 Å². The van der Waals surface area contributed by atoms with Crippen molar-refractivity contribution in [1.82, 2.24) is 5.32 Å². The third-order valence-corrected chi connectivity index (χ3v) is 3.60. The number of methoxy groups -OCH3 is 1. The number of ether oxygens (including phenoxy) is 1. The molecule has 2 aliphatic rings. The minimum absolute atomic E-state index is 0.0162. The zero-order chi connectivity index (χ0) is 11.7. The van der Waals surface area contributed by atoms with Crippen LogP contribution >= 0.6 is 0 Å². The second-order valence-corrected chi connectivity index (χ2v) is 4.69. The van der Waals surface area contributed by atoms with Gasteiger partial charge in [0.2, 0.25) is 5.91 Å². The number of aliphatic hydroxyl groups is 1. The summed E-state index contributed by atoms with van der Waals surface area (Å²) in [6, 6.07) is -0.922. The fraction of sp³-hybridized carbons (Fsp3) is 0.818. The maximum absolute atomic E-state index is 11.8. The van der Waals surface area contributed by atoms with E-state index in [-0.39, 0.29) is 11.8 Å². The Morgan fingerprint density at radius 1 is 1.38 bits per heavy atom. The molecule has 5 heteroatoms. The van der Waals surface area contributed by atoms with Gasteiger partial charge in [-0.1, -0.05) is 0 Å². The van der Waals surface area contributed by atoms with Crippen molar-refractivity contribution in [2.75, 3.05) is 13.7 Å². The smallest absolute Gasteiger partial charge is 0.330 e. The van der Waals surface area contributed by atoms with Gasteiger partial charge in [0.05, 0.1) is 13.7 Å². The van der Waals surface area contributed by atoms with E-state index in [4.69, 9.17) is 5.11 Å². The summed E-state index contributed by atoms with van der Waals surface area (Å²) in [6.45, 7) is -0.419. The molecule has 3 atom stereocenters. The van der Waals surface area contributed by atoms with Crippen LogP contribution in [0.2, 0.25) is 0 Å². The van der Waals surface area contributed by atoms with E-state index in [1.165, 1.54) is 13.5 Å². The standard InChI is InChI=1S/C11H17NO4/c1-16-11(15)9(5-13)12-10(14)8-3-6-2-7(6)4-8/h6-9,13H,2-5H2,1H3,(H,12,14). The maximum atomic E-state index is 11.8.